The van der Waals surface area contributed by atoms with Gasteiger partial charge in [-0.2, -0.15) is 0 Å². The van der Waals surface area contributed by atoms with E-state index in [1.807, 2.05) is 20.8 Å². The van der Waals surface area contributed by atoms with Crippen molar-refractivity contribution in [3.05, 3.63) is 54.1 Å². The topological polar surface area (TPSA) is 67.4 Å². The van der Waals surface area contributed by atoms with E-state index in [1.165, 1.54) is 0 Å². The van der Waals surface area contributed by atoms with Gasteiger partial charge in [-0.25, -0.2) is 0 Å². The average molecular weight is 354 g/mol. The van der Waals surface area contributed by atoms with Gasteiger partial charge in [-0.1, -0.05) is 26.8 Å². The molecule has 1 unspecified atom stereocenters. The number of amides is 2. The highest BCUT2D eigenvalue weighted by molar-refractivity contribution is 6.04. The van der Waals surface area contributed by atoms with Crippen molar-refractivity contribution in [3.8, 4) is 5.75 Å². The third kappa shape index (κ3) is 5.62. The van der Waals surface area contributed by atoms with Crippen LogP contribution in [0.2, 0.25) is 0 Å². The van der Waals surface area contributed by atoms with Gasteiger partial charge in [-0.15, -0.1) is 0 Å². The third-order valence-electron chi connectivity index (χ3n) is 3.94. The summed E-state index contributed by atoms with van der Waals surface area (Å²) < 4.78 is 5.72. The molecule has 138 valence electrons. The standard InChI is InChI=1S/C21H26N2O3/c1-5-15(4)26-19-11-9-16(10-12-19)21(25)23-18-8-6-7-17(13-18)22-20(24)14(2)3/h6-15H,5H2,1-4H3,(H,22,24)(H,23,25). The zero-order valence-electron chi connectivity index (χ0n) is 15.7. The number of hydrogen-bond acceptors (Lipinski definition) is 3. The average Bonchev–Trinajstić information content (AvgIpc) is 2.62. The number of nitrogens with one attached hydrogen (secondary N) is 2. The molecule has 0 bridgehead atoms. The molecule has 0 fully saturated rings. The second-order valence-corrected chi connectivity index (χ2v) is 6.54. The molecule has 2 aromatic carbocycles. The zero-order chi connectivity index (χ0) is 19.1. The van der Waals surface area contributed by atoms with Crippen molar-refractivity contribution in [1.29, 1.82) is 0 Å². The molecule has 0 spiro atoms. The predicted molar refractivity (Wildman–Crippen MR) is 105 cm³/mol. The van der Waals surface area contributed by atoms with Gasteiger partial charge >= 0.3 is 0 Å². The van der Waals surface area contributed by atoms with Crippen molar-refractivity contribution in [1.82, 2.24) is 0 Å². The second-order valence-electron chi connectivity index (χ2n) is 6.54. The van der Waals surface area contributed by atoms with Crippen LogP contribution in [0.4, 0.5) is 11.4 Å². The Labute approximate surface area is 154 Å². The van der Waals surface area contributed by atoms with E-state index in [0.717, 1.165) is 12.2 Å². The molecule has 0 aliphatic rings. The first kappa shape index (κ1) is 19.5. The number of rotatable bonds is 7. The molecule has 0 heterocycles. The fourth-order valence-corrected chi connectivity index (χ4v) is 2.17. The van der Waals surface area contributed by atoms with Crippen LogP contribution in [0.5, 0.6) is 5.75 Å². The Morgan fingerprint density at radius 2 is 1.58 bits per heavy atom. The van der Waals surface area contributed by atoms with Crippen molar-refractivity contribution in [2.24, 2.45) is 5.92 Å². The molecule has 26 heavy (non-hydrogen) atoms. The van der Waals surface area contributed by atoms with Crippen molar-refractivity contribution in [3.63, 3.8) is 0 Å². The Kier molecular flexibility index (Phi) is 6.78. The predicted octanol–water partition coefficient (Wildman–Crippen LogP) is 4.71. The lowest BCUT2D eigenvalue weighted by Gasteiger charge is -2.13. The van der Waals surface area contributed by atoms with Gasteiger partial charge in [0.1, 0.15) is 5.75 Å². The molecule has 2 N–H and O–H groups in total. The maximum atomic E-state index is 12.4. The molecular weight excluding hydrogens is 328 g/mol. The molecule has 0 aromatic heterocycles. The highest BCUT2D eigenvalue weighted by atomic mass is 16.5. The van der Waals surface area contributed by atoms with E-state index < -0.39 is 0 Å². The molecule has 0 saturated heterocycles. The summed E-state index contributed by atoms with van der Waals surface area (Å²) in [5.74, 6) is 0.358. The summed E-state index contributed by atoms with van der Waals surface area (Å²) in [6.07, 6.45) is 1.06. The van der Waals surface area contributed by atoms with Crippen LogP contribution in [0.25, 0.3) is 0 Å². The molecule has 2 amide bonds. The van der Waals surface area contributed by atoms with E-state index in [4.69, 9.17) is 4.74 Å². The molecule has 0 radical (unpaired) electrons. The van der Waals surface area contributed by atoms with Gasteiger partial charge in [0.05, 0.1) is 6.10 Å². The zero-order valence-corrected chi connectivity index (χ0v) is 15.7. The fourth-order valence-electron chi connectivity index (χ4n) is 2.17. The highest BCUT2D eigenvalue weighted by Crippen LogP contribution is 2.19. The van der Waals surface area contributed by atoms with Crippen LogP contribution in [0, 0.1) is 5.92 Å². The summed E-state index contributed by atoms with van der Waals surface area (Å²) in [6, 6.07) is 14.1. The lowest BCUT2D eigenvalue weighted by molar-refractivity contribution is -0.118. The monoisotopic (exact) mass is 354 g/mol. The fraction of sp³-hybridized carbons (Fsp3) is 0.333. The maximum absolute atomic E-state index is 12.4. The first-order chi connectivity index (χ1) is 12.4. The first-order valence-electron chi connectivity index (χ1n) is 8.88. The first-order valence-corrected chi connectivity index (χ1v) is 8.88. The normalized spacial score (nSPS) is 11.7. The van der Waals surface area contributed by atoms with Gasteiger partial charge in [-0.3, -0.25) is 9.59 Å². The molecule has 2 rings (SSSR count). The number of carbonyl (C=O) groups is 2. The Bertz CT molecular complexity index is 754. The quantitative estimate of drug-likeness (QED) is 0.756. The van der Waals surface area contributed by atoms with Crippen molar-refractivity contribution in [2.75, 3.05) is 10.6 Å². The van der Waals surface area contributed by atoms with Gasteiger partial charge in [-0.05, 0) is 55.8 Å². The summed E-state index contributed by atoms with van der Waals surface area (Å²) in [4.78, 5) is 24.2. The summed E-state index contributed by atoms with van der Waals surface area (Å²) in [7, 11) is 0. The highest BCUT2D eigenvalue weighted by Gasteiger charge is 2.10. The lowest BCUT2D eigenvalue weighted by Crippen LogP contribution is -2.18. The van der Waals surface area contributed by atoms with E-state index in [0.29, 0.717) is 16.9 Å². The minimum atomic E-state index is -0.215. The third-order valence-corrected chi connectivity index (χ3v) is 3.94. The van der Waals surface area contributed by atoms with Crippen LogP contribution in [-0.2, 0) is 4.79 Å². The molecule has 2 aromatic rings. The minimum absolute atomic E-state index is 0.0645. The van der Waals surface area contributed by atoms with E-state index in [2.05, 4.69) is 17.6 Å². The van der Waals surface area contributed by atoms with Crippen LogP contribution in [0.1, 0.15) is 44.5 Å². The summed E-state index contributed by atoms with van der Waals surface area (Å²) in [6.45, 7) is 7.72. The molecule has 5 nitrogen and oxygen atoms in total. The van der Waals surface area contributed by atoms with Crippen LogP contribution < -0.4 is 15.4 Å². The Hall–Kier alpha value is -2.82. The van der Waals surface area contributed by atoms with Crippen LogP contribution in [0.3, 0.4) is 0 Å². The SMILES string of the molecule is CCC(C)Oc1ccc(C(=O)Nc2cccc(NC(=O)C(C)C)c2)cc1. The van der Waals surface area contributed by atoms with Crippen molar-refractivity contribution < 1.29 is 14.3 Å². The molecule has 0 aliphatic carbocycles. The number of anilines is 2. The van der Waals surface area contributed by atoms with E-state index in [9.17, 15) is 9.59 Å². The smallest absolute Gasteiger partial charge is 0.255 e. The van der Waals surface area contributed by atoms with Gasteiger partial charge in [0.2, 0.25) is 5.91 Å². The van der Waals surface area contributed by atoms with Gasteiger partial charge in [0, 0.05) is 22.9 Å². The van der Waals surface area contributed by atoms with Crippen LogP contribution >= 0.6 is 0 Å². The van der Waals surface area contributed by atoms with Gasteiger partial charge < -0.3 is 15.4 Å². The number of ether oxygens (including phenoxy) is 1. The summed E-state index contributed by atoms with van der Waals surface area (Å²) in [5.41, 5.74) is 1.81. The van der Waals surface area contributed by atoms with E-state index >= 15 is 0 Å². The second kappa shape index (κ2) is 9.04. The lowest BCUT2D eigenvalue weighted by atomic mass is 10.2. The van der Waals surface area contributed by atoms with Crippen LogP contribution in [-0.4, -0.2) is 17.9 Å². The number of carbonyl (C=O) groups excluding carboxylic acids is 2. The Morgan fingerprint density at radius 1 is 0.962 bits per heavy atom. The Morgan fingerprint density at radius 3 is 2.15 bits per heavy atom. The molecule has 5 heteroatoms. The molecule has 0 aliphatic heterocycles. The van der Waals surface area contributed by atoms with Gasteiger partial charge in [0.15, 0.2) is 0 Å². The van der Waals surface area contributed by atoms with Gasteiger partial charge in [0.25, 0.3) is 5.91 Å². The largest absolute Gasteiger partial charge is 0.491 e. The van der Waals surface area contributed by atoms with Crippen molar-refractivity contribution in [2.45, 2.75) is 40.2 Å². The van der Waals surface area contributed by atoms with Crippen molar-refractivity contribution >= 4 is 23.2 Å². The summed E-state index contributed by atoms with van der Waals surface area (Å²) >= 11 is 0. The minimum Gasteiger partial charge on any atom is -0.491 e. The number of benzene rings is 2. The maximum Gasteiger partial charge on any atom is 0.255 e. The molecule has 0 saturated carbocycles. The molecule has 1 atom stereocenters. The number of hydrogen-bond donors (Lipinski definition) is 2. The Balaban J connectivity index is 2.02. The molecular formula is C21H26N2O3. The van der Waals surface area contributed by atoms with E-state index in [-0.39, 0.29) is 23.8 Å². The summed E-state index contributed by atoms with van der Waals surface area (Å²) in [5, 5.41) is 5.66. The van der Waals surface area contributed by atoms with Crippen LogP contribution in [0.15, 0.2) is 48.5 Å². The van der Waals surface area contributed by atoms with E-state index in [1.54, 1.807) is 48.5 Å².